The second kappa shape index (κ2) is 27.7. The number of esters is 1. The molecule has 0 atom stereocenters. The molecule has 0 unspecified atom stereocenters. The van der Waals surface area contributed by atoms with Crippen molar-refractivity contribution in [3.63, 3.8) is 0 Å². The van der Waals surface area contributed by atoms with Crippen molar-refractivity contribution in [2.45, 2.75) is 266 Å². The van der Waals surface area contributed by atoms with Crippen LogP contribution in [0, 0.1) is 0 Å². The number of rotatable bonds is 41. The first-order valence-electron chi connectivity index (χ1n) is 25.3. The molecular weight excluding hydrogens is 1430 g/mol. The number of alkyl halides is 45. The zero-order chi connectivity index (χ0) is 74.1. The summed E-state index contributed by atoms with van der Waals surface area (Å²) in [5.41, 5.74) is -8.88. The third-order valence-electron chi connectivity index (χ3n) is 13.7. The molecule has 0 aromatic heterocycles. The third kappa shape index (κ3) is 14.5. The fraction of sp³-hybridized carbons (Fsp3) is 0.978. The predicted molar refractivity (Wildman–Crippen MR) is 219 cm³/mol. The fourth-order valence-electron chi connectivity index (χ4n) is 7.77. The second-order valence-electron chi connectivity index (χ2n) is 20.5. The van der Waals surface area contributed by atoms with E-state index in [-0.39, 0.29) is 57.8 Å². The van der Waals surface area contributed by atoms with E-state index in [0.717, 1.165) is 6.92 Å². The number of unbranched alkanes of at least 4 members (excludes halogenated alkanes) is 14. The molecule has 0 aliphatic heterocycles. The van der Waals surface area contributed by atoms with Crippen molar-refractivity contribution in [2.24, 2.45) is 0 Å². The van der Waals surface area contributed by atoms with Gasteiger partial charge in [-0.15, -0.1) is 0 Å². The quantitative estimate of drug-likeness (QED) is 0.0346. The largest absolute Gasteiger partial charge is 0.466 e. The Morgan fingerprint density at radius 1 is 0.228 bits per heavy atom. The van der Waals surface area contributed by atoms with Gasteiger partial charge in [0.2, 0.25) is 0 Å². The van der Waals surface area contributed by atoms with E-state index in [2.05, 4.69) is 4.74 Å². The van der Waals surface area contributed by atoms with Crippen LogP contribution in [0.2, 0.25) is 0 Å². The molecule has 0 aromatic carbocycles. The van der Waals surface area contributed by atoms with Gasteiger partial charge in [-0.3, -0.25) is 4.79 Å². The van der Waals surface area contributed by atoms with Crippen molar-refractivity contribution in [3.05, 3.63) is 0 Å². The lowest BCUT2D eigenvalue weighted by Gasteiger charge is -2.46. The lowest BCUT2D eigenvalue weighted by molar-refractivity contribution is -0.482. The minimum atomic E-state index is -9.85. The molecule has 0 amide bonds. The van der Waals surface area contributed by atoms with E-state index in [9.17, 15) is 202 Å². The highest BCUT2D eigenvalue weighted by Crippen LogP contribution is 2.70. The van der Waals surface area contributed by atoms with Crippen LogP contribution in [0.15, 0.2) is 0 Å². The summed E-state index contributed by atoms with van der Waals surface area (Å²) in [5, 5.41) is 0. The lowest BCUT2D eigenvalue weighted by atomic mass is 9.83. The number of hydrogen-bond acceptors (Lipinski definition) is 2. The summed E-state index contributed by atoms with van der Waals surface area (Å²) >= 11 is 0. The average Bonchev–Trinajstić information content (AvgIpc) is 0.692. The Bertz CT molecular complexity index is 2330. The first kappa shape index (κ1) is 88.3. The Hall–Kier alpha value is -3.68. The molecule has 0 aliphatic rings. The molecule has 0 aromatic rings. The molecule has 0 radical (unpaired) electrons. The van der Waals surface area contributed by atoms with Gasteiger partial charge in [-0.1, -0.05) is 90.4 Å². The number of halogens is 45. The molecule has 0 bridgehead atoms. The summed E-state index contributed by atoms with van der Waals surface area (Å²) in [6.07, 6.45) is -31.8. The molecule has 0 spiro atoms. The lowest BCUT2D eigenvalue weighted by Crippen LogP contribution is -2.78. The number of carbonyl (C=O) groups excluding carboxylic acids is 1. The van der Waals surface area contributed by atoms with Gasteiger partial charge in [-0.05, 0) is 19.3 Å². The van der Waals surface area contributed by atoms with E-state index in [1.165, 1.54) is 0 Å². The van der Waals surface area contributed by atoms with Crippen molar-refractivity contribution < 1.29 is 207 Å². The first-order valence-corrected chi connectivity index (χ1v) is 25.3. The Balaban J connectivity index is 5.49. The summed E-state index contributed by atoms with van der Waals surface area (Å²) in [6.45, 7) is 0.0958. The smallest absolute Gasteiger partial charge is 0.438 e. The minimum Gasteiger partial charge on any atom is -0.466 e. The molecule has 552 valence electrons. The van der Waals surface area contributed by atoms with Crippen LogP contribution in [0.25, 0.3) is 0 Å². The highest BCUT2D eigenvalue weighted by atomic mass is 19.4. The fourth-order valence-corrected chi connectivity index (χ4v) is 7.77. The van der Waals surface area contributed by atoms with Gasteiger partial charge >= 0.3 is 137 Å². The van der Waals surface area contributed by atoms with Crippen LogP contribution in [0.5, 0.6) is 0 Å². The van der Waals surface area contributed by atoms with E-state index in [1.54, 1.807) is 0 Å². The maximum absolute atomic E-state index is 14.4. The van der Waals surface area contributed by atoms with Gasteiger partial charge in [0.25, 0.3) is 0 Å². The zero-order valence-corrected chi connectivity index (χ0v) is 45.2. The molecule has 0 saturated heterocycles. The maximum Gasteiger partial charge on any atom is 0.438 e. The Labute approximate surface area is 486 Å². The Morgan fingerprint density at radius 2 is 0.413 bits per heavy atom. The highest BCUT2D eigenvalue weighted by molar-refractivity contribution is 5.69. The molecule has 0 rings (SSSR count). The van der Waals surface area contributed by atoms with Crippen molar-refractivity contribution in [2.75, 3.05) is 6.61 Å². The molecule has 2 nitrogen and oxygen atoms in total. The first-order chi connectivity index (χ1) is 40.2. The highest BCUT2D eigenvalue weighted by Gasteiger charge is 3.01. The van der Waals surface area contributed by atoms with Gasteiger partial charge in [0.05, 0.1) is 13.0 Å². The van der Waals surface area contributed by atoms with Crippen LogP contribution in [-0.2, 0) is 9.53 Å². The Morgan fingerprint density at radius 3 is 0.641 bits per heavy atom. The third-order valence-corrected chi connectivity index (χ3v) is 13.7. The van der Waals surface area contributed by atoms with Gasteiger partial charge in [-0.2, -0.15) is 193 Å². The molecule has 0 aliphatic carbocycles. The van der Waals surface area contributed by atoms with Gasteiger partial charge in [0, 0.05) is 19.3 Å². The number of carbonyl (C=O) groups is 1. The standard InChI is InChI=1S/C45H45F45O2/c1-2-3-15-19-24(46,47)28(53,54)33(63,64)37(71,72)39(75,76)41(79,80)43(83,84)42(81,82)40(77,78)38(73,74)34(65,66)30(57,58)26(50,51)21-18-23(91)92-22-17-14-12-10-8-6-4-5-7-9-11-13-16-20-25(48,49)29(55,56)32(61,62)36(69,70)35(67,68)31(59,60)27(52,44(85,86)87)45(88,89)90/h2-22H2,1H3. The van der Waals surface area contributed by atoms with Crippen molar-refractivity contribution in [1.29, 1.82) is 0 Å². The van der Waals surface area contributed by atoms with Crippen LogP contribution >= 0.6 is 0 Å². The van der Waals surface area contributed by atoms with E-state index >= 15 is 0 Å². The Kier molecular flexibility index (Phi) is 26.6. The topological polar surface area (TPSA) is 26.3 Å². The summed E-state index contributed by atoms with van der Waals surface area (Å²) in [5.74, 6) is -169. The average molecular weight is 1470 g/mol. The normalized spacial score (nSPS) is 16.0. The van der Waals surface area contributed by atoms with Crippen LogP contribution in [0.3, 0.4) is 0 Å². The summed E-state index contributed by atoms with van der Waals surface area (Å²) in [4.78, 5) is 11.8. The predicted octanol–water partition coefficient (Wildman–Crippen LogP) is 22.3. The minimum absolute atomic E-state index is 0.0373. The van der Waals surface area contributed by atoms with Crippen LogP contribution in [0.1, 0.15) is 135 Å². The zero-order valence-electron chi connectivity index (χ0n) is 45.2. The maximum atomic E-state index is 14.4. The van der Waals surface area contributed by atoms with E-state index in [0.29, 0.717) is 19.3 Å². The number of hydrogen-bond donors (Lipinski definition) is 0. The second-order valence-corrected chi connectivity index (χ2v) is 20.5. The van der Waals surface area contributed by atoms with Gasteiger partial charge in [-0.25, -0.2) is 4.39 Å². The van der Waals surface area contributed by atoms with E-state index < -0.39 is 194 Å². The van der Waals surface area contributed by atoms with Crippen LogP contribution in [0.4, 0.5) is 198 Å². The monoisotopic (exact) mass is 1470 g/mol. The van der Waals surface area contributed by atoms with Gasteiger partial charge in [0.1, 0.15) is 0 Å². The molecule has 47 heteroatoms. The van der Waals surface area contributed by atoms with E-state index in [4.69, 9.17) is 0 Å². The molecule has 0 saturated carbocycles. The van der Waals surface area contributed by atoms with Crippen LogP contribution in [-0.4, -0.2) is 143 Å². The van der Waals surface area contributed by atoms with Crippen molar-refractivity contribution >= 4 is 5.97 Å². The summed E-state index contributed by atoms with van der Waals surface area (Å²) in [7, 11) is 0. The van der Waals surface area contributed by atoms with Crippen molar-refractivity contribution in [1.82, 2.24) is 0 Å². The van der Waals surface area contributed by atoms with Crippen LogP contribution < -0.4 is 0 Å². The van der Waals surface area contributed by atoms with Gasteiger partial charge < -0.3 is 4.74 Å². The summed E-state index contributed by atoms with van der Waals surface area (Å²) in [6, 6.07) is 0. The number of ether oxygens (including phenoxy) is 1. The SMILES string of the molecule is CCCCCC(F)(F)C(F)(F)C(F)(F)C(F)(F)C(F)(F)C(F)(F)C(F)(F)C(F)(F)C(F)(F)C(F)(F)C(F)(F)C(F)(F)C(F)(F)CCC(=O)OCCCCCCCCCCCCCCCC(F)(F)C(F)(F)C(F)(F)C(F)(F)C(F)(F)C(F)(F)C(F)(C(F)(F)F)C(F)(F)F. The van der Waals surface area contributed by atoms with Crippen molar-refractivity contribution in [3.8, 4) is 0 Å². The molecular formula is C45H45F45O2. The van der Waals surface area contributed by atoms with Gasteiger partial charge in [0.15, 0.2) is 0 Å². The summed E-state index contributed by atoms with van der Waals surface area (Å²) < 4.78 is 631. The molecule has 0 N–H and O–H groups in total. The van der Waals surface area contributed by atoms with E-state index in [1.807, 2.05) is 0 Å². The molecule has 92 heavy (non-hydrogen) atoms. The molecule has 0 heterocycles. The molecule has 0 fully saturated rings.